The predicted molar refractivity (Wildman–Crippen MR) is 61.6 cm³/mol. The standard InChI is InChI=1S/C10H14N2O3S/c1-4-7-5-8(13)12-10(11-7)16-6(2)9(14)15-3/h5-6H,4H2,1-3H3,(H,11,12,13). The topological polar surface area (TPSA) is 72.0 Å². The quantitative estimate of drug-likeness (QED) is 0.484. The first kappa shape index (κ1) is 12.8. The van der Waals surface area contributed by atoms with Gasteiger partial charge in [0, 0.05) is 11.8 Å². The second kappa shape index (κ2) is 5.69. The van der Waals surface area contributed by atoms with E-state index >= 15 is 0 Å². The van der Waals surface area contributed by atoms with E-state index in [-0.39, 0.29) is 16.8 Å². The van der Waals surface area contributed by atoms with Crippen molar-refractivity contribution in [2.45, 2.75) is 30.7 Å². The lowest BCUT2D eigenvalue weighted by Crippen LogP contribution is -2.17. The molecule has 16 heavy (non-hydrogen) atoms. The number of thioether (sulfide) groups is 1. The van der Waals surface area contributed by atoms with Crippen molar-refractivity contribution in [3.8, 4) is 0 Å². The Morgan fingerprint density at radius 2 is 2.38 bits per heavy atom. The molecular weight excluding hydrogens is 228 g/mol. The molecule has 1 aromatic rings. The minimum atomic E-state index is -0.389. The van der Waals surface area contributed by atoms with Crippen LogP contribution in [0, 0.1) is 0 Å². The molecule has 0 saturated heterocycles. The highest BCUT2D eigenvalue weighted by atomic mass is 32.2. The number of rotatable bonds is 4. The fraction of sp³-hybridized carbons (Fsp3) is 0.500. The predicted octanol–water partition coefficient (Wildman–Crippen LogP) is 0.986. The van der Waals surface area contributed by atoms with Crippen molar-refractivity contribution >= 4 is 17.7 Å². The molecule has 0 spiro atoms. The number of aromatic amines is 1. The summed E-state index contributed by atoms with van der Waals surface area (Å²) >= 11 is 1.18. The Morgan fingerprint density at radius 3 is 2.94 bits per heavy atom. The van der Waals surface area contributed by atoms with Gasteiger partial charge in [-0.25, -0.2) is 4.98 Å². The van der Waals surface area contributed by atoms with Gasteiger partial charge in [-0.2, -0.15) is 0 Å². The molecule has 88 valence electrons. The molecule has 1 heterocycles. The number of carbonyl (C=O) groups is 1. The van der Waals surface area contributed by atoms with Crippen LogP contribution in [0.1, 0.15) is 19.5 Å². The Bertz CT molecular complexity index is 430. The summed E-state index contributed by atoms with van der Waals surface area (Å²) in [4.78, 5) is 29.2. The fourth-order valence-electron chi connectivity index (χ4n) is 1.10. The van der Waals surface area contributed by atoms with E-state index in [1.165, 1.54) is 24.9 Å². The molecule has 5 nitrogen and oxygen atoms in total. The van der Waals surface area contributed by atoms with E-state index in [9.17, 15) is 9.59 Å². The first-order valence-electron chi connectivity index (χ1n) is 4.91. The lowest BCUT2D eigenvalue weighted by molar-refractivity contribution is -0.139. The van der Waals surface area contributed by atoms with Gasteiger partial charge in [0.1, 0.15) is 5.25 Å². The van der Waals surface area contributed by atoms with Crippen LogP contribution in [-0.2, 0) is 16.0 Å². The molecule has 0 aliphatic heterocycles. The number of esters is 1. The van der Waals surface area contributed by atoms with E-state index in [4.69, 9.17) is 0 Å². The molecule has 6 heteroatoms. The molecule has 1 N–H and O–H groups in total. The molecule has 0 aromatic carbocycles. The van der Waals surface area contributed by atoms with Gasteiger partial charge in [0.15, 0.2) is 5.16 Å². The molecule has 0 radical (unpaired) electrons. The van der Waals surface area contributed by atoms with Crippen molar-refractivity contribution in [2.75, 3.05) is 7.11 Å². The van der Waals surface area contributed by atoms with Gasteiger partial charge in [0.05, 0.1) is 7.11 Å². The van der Waals surface area contributed by atoms with E-state index in [1.807, 2.05) is 6.92 Å². The number of carbonyl (C=O) groups excluding carboxylic acids is 1. The number of nitrogens with one attached hydrogen (secondary N) is 1. The number of aryl methyl sites for hydroxylation is 1. The monoisotopic (exact) mass is 242 g/mol. The average Bonchev–Trinajstić information content (AvgIpc) is 2.26. The Morgan fingerprint density at radius 1 is 1.69 bits per heavy atom. The molecule has 1 aromatic heterocycles. The van der Waals surface area contributed by atoms with Gasteiger partial charge >= 0.3 is 5.97 Å². The largest absolute Gasteiger partial charge is 0.468 e. The average molecular weight is 242 g/mol. The maximum absolute atomic E-state index is 11.3. The highest BCUT2D eigenvalue weighted by molar-refractivity contribution is 8.00. The number of methoxy groups -OCH3 is 1. The number of aromatic nitrogens is 2. The lowest BCUT2D eigenvalue weighted by Gasteiger charge is -2.08. The Labute approximate surface area is 97.6 Å². The molecule has 0 amide bonds. The zero-order valence-electron chi connectivity index (χ0n) is 9.44. The van der Waals surface area contributed by atoms with E-state index < -0.39 is 0 Å². The van der Waals surface area contributed by atoms with Crippen LogP contribution < -0.4 is 5.56 Å². The van der Waals surface area contributed by atoms with Gasteiger partial charge in [0.25, 0.3) is 5.56 Å². The maximum Gasteiger partial charge on any atom is 0.318 e. The summed E-state index contributed by atoms with van der Waals surface area (Å²) in [5.41, 5.74) is 0.509. The number of hydrogen-bond acceptors (Lipinski definition) is 5. The molecule has 0 aliphatic rings. The van der Waals surface area contributed by atoms with Crippen LogP contribution in [0.25, 0.3) is 0 Å². The second-order valence-corrected chi connectivity index (χ2v) is 4.51. The Kier molecular flexibility index (Phi) is 4.54. The normalized spacial score (nSPS) is 12.2. The smallest absolute Gasteiger partial charge is 0.318 e. The molecular formula is C10H14N2O3S. The SMILES string of the molecule is CCc1cc(=O)[nH]c(SC(C)C(=O)OC)n1. The van der Waals surface area contributed by atoms with Crippen LogP contribution in [0.15, 0.2) is 16.0 Å². The minimum Gasteiger partial charge on any atom is -0.468 e. The molecule has 1 rings (SSSR count). The zero-order valence-corrected chi connectivity index (χ0v) is 10.3. The van der Waals surface area contributed by atoms with Crippen LogP contribution in [0.4, 0.5) is 0 Å². The highest BCUT2D eigenvalue weighted by Crippen LogP contribution is 2.19. The lowest BCUT2D eigenvalue weighted by atomic mass is 10.3. The van der Waals surface area contributed by atoms with Gasteiger partial charge in [-0.3, -0.25) is 9.59 Å². The number of nitrogens with zero attached hydrogens (tertiary/aromatic N) is 1. The van der Waals surface area contributed by atoms with Gasteiger partial charge in [-0.15, -0.1) is 0 Å². The van der Waals surface area contributed by atoms with Crippen molar-refractivity contribution in [3.63, 3.8) is 0 Å². The molecule has 1 unspecified atom stereocenters. The third-order valence-electron chi connectivity index (χ3n) is 1.96. The summed E-state index contributed by atoms with van der Waals surface area (Å²) < 4.78 is 4.59. The Balaban J connectivity index is 2.85. The van der Waals surface area contributed by atoms with E-state index in [1.54, 1.807) is 6.92 Å². The maximum atomic E-state index is 11.3. The summed E-state index contributed by atoms with van der Waals surface area (Å²) in [5, 5.41) is 0.0579. The number of H-pyrrole nitrogens is 1. The van der Waals surface area contributed by atoms with Gasteiger partial charge in [-0.05, 0) is 13.3 Å². The highest BCUT2D eigenvalue weighted by Gasteiger charge is 2.16. The molecule has 0 fully saturated rings. The van der Waals surface area contributed by atoms with Gasteiger partial charge in [-0.1, -0.05) is 18.7 Å². The molecule has 0 bridgehead atoms. The summed E-state index contributed by atoms with van der Waals surface area (Å²) in [6.45, 7) is 3.62. The molecule has 0 saturated carbocycles. The van der Waals surface area contributed by atoms with Crippen LogP contribution in [0.3, 0.4) is 0 Å². The number of hydrogen-bond donors (Lipinski definition) is 1. The fourth-order valence-corrected chi connectivity index (χ4v) is 1.96. The van der Waals surface area contributed by atoms with Gasteiger partial charge < -0.3 is 9.72 Å². The van der Waals surface area contributed by atoms with Crippen LogP contribution >= 0.6 is 11.8 Å². The van der Waals surface area contributed by atoms with Crippen molar-refractivity contribution in [1.29, 1.82) is 0 Å². The minimum absolute atomic E-state index is 0.202. The van der Waals surface area contributed by atoms with Crippen molar-refractivity contribution in [3.05, 3.63) is 22.1 Å². The summed E-state index contributed by atoms with van der Waals surface area (Å²) in [6, 6.07) is 1.45. The third kappa shape index (κ3) is 3.37. The zero-order chi connectivity index (χ0) is 12.1. The van der Waals surface area contributed by atoms with Crippen LogP contribution in [0.5, 0.6) is 0 Å². The number of ether oxygens (including phenoxy) is 1. The first-order chi connectivity index (χ1) is 7.56. The summed E-state index contributed by atoms with van der Waals surface area (Å²) in [6.07, 6.45) is 0.685. The van der Waals surface area contributed by atoms with Crippen LogP contribution in [0.2, 0.25) is 0 Å². The van der Waals surface area contributed by atoms with E-state index in [0.717, 1.165) is 0 Å². The first-order valence-corrected chi connectivity index (χ1v) is 5.79. The summed E-state index contributed by atoms with van der Waals surface area (Å²) in [5.74, 6) is -0.338. The van der Waals surface area contributed by atoms with Crippen molar-refractivity contribution in [2.24, 2.45) is 0 Å². The summed E-state index contributed by atoms with van der Waals surface area (Å²) in [7, 11) is 1.33. The Hall–Kier alpha value is -1.30. The van der Waals surface area contributed by atoms with Gasteiger partial charge in [0.2, 0.25) is 0 Å². The van der Waals surface area contributed by atoms with Crippen molar-refractivity contribution < 1.29 is 9.53 Å². The van der Waals surface area contributed by atoms with Crippen LogP contribution in [-0.4, -0.2) is 28.3 Å². The van der Waals surface area contributed by atoms with E-state index in [0.29, 0.717) is 17.3 Å². The molecule has 0 aliphatic carbocycles. The van der Waals surface area contributed by atoms with Crippen molar-refractivity contribution in [1.82, 2.24) is 9.97 Å². The third-order valence-corrected chi connectivity index (χ3v) is 2.92. The van der Waals surface area contributed by atoms with E-state index in [2.05, 4.69) is 14.7 Å². The second-order valence-electron chi connectivity index (χ2n) is 3.18. The molecule has 1 atom stereocenters.